The van der Waals surface area contributed by atoms with Crippen molar-refractivity contribution < 1.29 is 7.54 Å². The fraction of sp³-hybridized carbons (Fsp3) is 0.875. The number of hydrogen-bond acceptors (Lipinski definition) is 1. The smallest absolute Gasteiger partial charge is 0.219 e. The van der Waals surface area contributed by atoms with Gasteiger partial charge in [0.2, 0.25) is 5.91 Å². The number of amides is 1. The largest absolute Gasteiger partial charge is 0.343 e. The van der Waals surface area contributed by atoms with Gasteiger partial charge in [0.25, 0.3) is 0 Å². The van der Waals surface area contributed by atoms with E-state index < -0.39 is 0 Å². The first-order chi connectivity index (χ1) is 5.72. The molecule has 0 aliphatic heterocycles. The molecule has 0 saturated carbocycles. The van der Waals surface area contributed by atoms with E-state index in [2.05, 4.69) is 0 Å². The maximum absolute atomic E-state index is 11.0. The summed E-state index contributed by atoms with van der Waals surface area (Å²) < 4.78 is 13.9. The molecule has 0 aromatic heterocycles. The van der Waals surface area contributed by atoms with Crippen molar-refractivity contribution in [3.05, 3.63) is 0 Å². The van der Waals surface area contributed by atoms with Crippen molar-refractivity contribution in [2.24, 2.45) is 0 Å². The molecule has 0 aliphatic carbocycles. The van der Waals surface area contributed by atoms with Gasteiger partial charge in [-0.15, -0.1) is 0 Å². The Kier molecular flexibility index (Phi) is 3.27. The zero-order valence-electron chi connectivity index (χ0n) is 8.60. The highest BCUT2D eigenvalue weighted by Crippen LogP contribution is 1.93. The van der Waals surface area contributed by atoms with Crippen LogP contribution in [0.1, 0.15) is 36.3 Å². The van der Waals surface area contributed by atoms with Crippen LogP contribution in [0.2, 0.25) is 0 Å². The van der Waals surface area contributed by atoms with E-state index in [1.165, 1.54) is 6.92 Å². The predicted octanol–water partition coefficient (Wildman–Crippen LogP) is 1.65. The Morgan fingerprint density at radius 3 is 2.20 bits per heavy atom. The molecule has 0 N–H and O–H groups in total. The van der Waals surface area contributed by atoms with Crippen LogP contribution in [0.5, 0.6) is 0 Å². The molecule has 0 saturated heterocycles. The van der Waals surface area contributed by atoms with E-state index in [0.717, 1.165) is 12.8 Å². The molecule has 2 heteroatoms. The summed E-state index contributed by atoms with van der Waals surface area (Å²) in [6.45, 7) is 3.60. The van der Waals surface area contributed by atoms with Crippen LogP contribution in [0.15, 0.2) is 0 Å². The molecule has 0 fully saturated rings. The third-order valence-electron chi connectivity index (χ3n) is 1.30. The minimum atomic E-state index is 0.0527. The van der Waals surface area contributed by atoms with Gasteiger partial charge in [-0.2, -0.15) is 0 Å². The standard InChI is InChI=1S/C8H17NO/c1-4-6-9(7-5-2)8(3)10/h4-7H2,1-3H3/i1T,2T. The van der Waals surface area contributed by atoms with Crippen molar-refractivity contribution in [1.82, 2.24) is 4.90 Å². The minimum Gasteiger partial charge on any atom is -0.343 e. The van der Waals surface area contributed by atoms with Crippen LogP contribution in [-0.2, 0) is 4.79 Å². The molecule has 60 valence electrons. The van der Waals surface area contributed by atoms with Gasteiger partial charge < -0.3 is 4.90 Å². The molecule has 0 aliphatic rings. The second kappa shape index (κ2) is 5.27. The van der Waals surface area contributed by atoms with Gasteiger partial charge in [-0.05, 0) is 12.8 Å². The van der Waals surface area contributed by atoms with Crippen molar-refractivity contribution in [2.45, 2.75) is 33.6 Å². The lowest BCUT2D eigenvalue weighted by Gasteiger charge is -2.18. The molecule has 0 aromatic carbocycles. The summed E-state index contributed by atoms with van der Waals surface area (Å²) in [4.78, 5) is 12.7. The van der Waals surface area contributed by atoms with Crippen LogP contribution in [0, 0.1) is 0 Å². The molecular formula is C8H17NO. The van der Waals surface area contributed by atoms with E-state index in [4.69, 9.17) is 2.74 Å². The van der Waals surface area contributed by atoms with Gasteiger partial charge in [-0.25, -0.2) is 0 Å². The summed E-state index contributed by atoms with van der Waals surface area (Å²) in [6, 6.07) is 0. The van der Waals surface area contributed by atoms with E-state index in [1.54, 1.807) is 4.90 Å². The Hall–Kier alpha value is -0.530. The van der Waals surface area contributed by atoms with Gasteiger partial charge in [0.1, 0.15) is 0 Å². The van der Waals surface area contributed by atoms with Crippen LogP contribution < -0.4 is 0 Å². The third kappa shape index (κ3) is 3.49. The van der Waals surface area contributed by atoms with Crippen molar-refractivity contribution in [3.8, 4) is 0 Å². The molecule has 0 unspecified atom stereocenters. The highest BCUT2D eigenvalue weighted by molar-refractivity contribution is 5.73. The van der Waals surface area contributed by atoms with Gasteiger partial charge in [-0.3, -0.25) is 4.79 Å². The molecule has 0 spiro atoms. The molecular weight excluding hydrogens is 126 g/mol. The topological polar surface area (TPSA) is 20.3 Å². The average molecular weight is 147 g/mol. The highest BCUT2D eigenvalue weighted by Gasteiger charge is 2.03. The molecule has 0 atom stereocenters. The van der Waals surface area contributed by atoms with Crippen molar-refractivity contribution in [1.29, 1.82) is 0 Å². The fourth-order valence-electron chi connectivity index (χ4n) is 0.808. The summed E-state index contributed by atoms with van der Waals surface area (Å²) >= 11 is 0. The van der Waals surface area contributed by atoms with Gasteiger partial charge >= 0.3 is 0 Å². The van der Waals surface area contributed by atoms with Crippen molar-refractivity contribution in [2.75, 3.05) is 13.1 Å². The first-order valence-corrected chi connectivity index (χ1v) is 3.56. The van der Waals surface area contributed by atoms with Crippen LogP contribution in [0.4, 0.5) is 0 Å². The summed E-state index contributed by atoms with van der Waals surface area (Å²) in [7, 11) is 0. The molecule has 0 aromatic rings. The van der Waals surface area contributed by atoms with Gasteiger partial charge in [-0.1, -0.05) is 13.8 Å². The molecule has 0 bridgehead atoms. The molecule has 0 heterocycles. The van der Waals surface area contributed by atoms with Crippen molar-refractivity contribution in [3.63, 3.8) is 0 Å². The lowest BCUT2D eigenvalue weighted by atomic mass is 10.3. The molecule has 2 nitrogen and oxygen atoms in total. The molecule has 0 rings (SSSR count). The van der Waals surface area contributed by atoms with Gasteiger partial charge in [0, 0.05) is 22.8 Å². The normalized spacial score (nSPS) is 12.1. The Bertz CT molecular complexity index is 122. The molecule has 0 radical (unpaired) electrons. The third-order valence-corrected chi connectivity index (χ3v) is 1.30. The Labute approximate surface area is 66.0 Å². The number of hydrogen-bond donors (Lipinski definition) is 0. The second-order valence-corrected chi connectivity index (χ2v) is 2.21. The lowest BCUT2D eigenvalue weighted by molar-refractivity contribution is -0.128. The second-order valence-electron chi connectivity index (χ2n) is 2.21. The van der Waals surface area contributed by atoms with Crippen LogP contribution in [-0.4, -0.2) is 23.9 Å². The Morgan fingerprint density at radius 2 is 1.90 bits per heavy atom. The Balaban J connectivity index is 3.62. The zero-order chi connectivity index (χ0) is 9.40. The minimum absolute atomic E-state index is 0.0527. The summed E-state index contributed by atoms with van der Waals surface area (Å²) in [6.07, 6.45) is 1.47. The van der Waals surface area contributed by atoms with Crippen LogP contribution in [0.3, 0.4) is 0 Å². The van der Waals surface area contributed by atoms with E-state index >= 15 is 0 Å². The average Bonchev–Trinajstić information content (AvgIpc) is 2.04. The number of carbonyl (C=O) groups excluding carboxylic acids is 1. The summed E-state index contributed by atoms with van der Waals surface area (Å²) in [5.74, 6) is 0.0527. The molecule has 1 amide bonds. The first kappa shape index (κ1) is 6.20. The molecule has 10 heavy (non-hydrogen) atoms. The quantitative estimate of drug-likeness (QED) is 0.592. The highest BCUT2D eigenvalue weighted by atomic mass is 16.2. The van der Waals surface area contributed by atoms with E-state index in [1.807, 2.05) is 0 Å². The van der Waals surface area contributed by atoms with Gasteiger partial charge in [0.15, 0.2) is 0 Å². The Morgan fingerprint density at radius 1 is 1.40 bits per heavy atom. The van der Waals surface area contributed by atoms with Crippen LogP contribution >= 0.6 is 0 Å². The lowest BCUT2D eigenvalue weighted by Crippen LogP contribution is -2.29. The number of carbonyl (C=O) groups is 1. The fourth-order valence-corrected chi connectivity index (χ4v) is 0.808. The summed E-state index contributed by atoms with van der Waals surface area (Å²) in [5.41, 5.74) is 0. The zero-order valence-corrected chi connectivity index (χ0v) is 6.60. The van der Waals surface area contributed by atoms with Gasteiger partial charge in [0.05, 0.1) is 0 Å². The number of nitrogens with zero attached hydrogens (tertiary/aromatic N) is 1. The monoisotopic (exact) mass is 147 g/mol. The van der Waals surface area contributed by atoms with E-state index in [-0.39, 0.29) is 5.91 Å². The predicted molar refractivity (Wildman–Crippen MR) is 42.8 cm³/mol. The first-order valence-electron chi connectivity index (χ1n) is 4.97. The maximum atomic E-state index is 11.0. The van der Waals surface area contributed by atoms with Crippen molar-refractivity contribution >= 4 is 5.91 Å². The number of rotatable bonds is 4. The van der Waals surface area contributed by atoms with Crippen LogP contribution in [0.25, 0.3) is 0 Å². The van der Waals surface area contributed by atoms with E-state index in [9.17, 15) is 4.79 Å². The summed E-state index contributed by atoms with van der Waals surface area (Å²) in [5, 5.41) is 0. The van der Waals surface area contributed by atoms with E-state index in [0.29, 0.717) is 26.9 Å². The maximum Gasteiger partial charge on any atom is 0.219 e. The SMILES string of the molecule is [3H]CCCN(CCC[3H])C(C)=O.